The number of carbonyl (C=O) groups excluding carboxylic acids is 1. The molecule has 1 aliphatic rings. The molecule has 0 N–H and O–H groups in total. The van der Waals surface area contributed by atoms with Crippen LogP contribution < -0.4 is 4.74 Å². The second-order valence-corrected chi connectivity index (χ2v) is 5.83. The predicted molar refractivity (Wildman–Crippen MR) is 84.8 cm³/mol. The lowest BCUT2D eigenvalue weighted by Crippen LogP contribution is -2.48. The van der Waals surface area contributed by atoms with Crippen molar-refractivity contribution in [3.8, 4) is 5.75 Å². The molecule has 1 fully saturated rings. The molecule has 0 saturated carbocycles. The van der Waals surface area contributed by atoms with Crippen LogP contribution in [0.25, 0.3) is 0 Å². The van der Waals surface area contributed by atoms with Gasteiger partial charge < -0.3 is 14.5 Å². The summed E-state index contributed by atoms with van der Waals surface area (Å²) in [5, 5.41) is 7.96. The fourth-order valence-electron chi connectivity index (χ4n) is 2.46. The van der Waals surface area contributed by atoms with E-state index in [2.05, 4.69) is 15.2 Å². The summed E-state index contributed by atoms with van der Waals surface area (Å²) in [6.07, 6.45) is 1.69. The molecule has 1 aromatic heterocycles. The smallest absolute Gasteiger partial charge is 0.244 e. The fraction of sp³-hybridized carbons (Fsp3) is 0.438. The molecule has 0 radical (unpaired) electrons. The molecule has 8 heteroatoms. The molecule has 0 unspecified atom stereocenters. The zero-order valence-corrected chi connectivity index (χ0v) is 13.6. The Balaban J connectivity index is 1.50. The van der Waals surface area contributed by atoms with Gasteiger partial charge in [-0.05, 0) is 31.3 Å². The number of piperazine rings is 1. The van der Waals surface area contributed by atoms with Gasteiger partial charge in [0.1, 0.15) is 30.4 Å². The fourth-order valence-corrected chi connectivity index (χ4v) is 2.46. The number of carbonyl (C=O) groups is 1. The van der Waals surface area contributed by atoms with Gasteiger partial charge in [-0.1, -0.05) is 5.21 Å². The van der Waals surface area contributed by atoms with E-state index in [9.17, 15) is 9.18 Å². The maximum Gasteiger partial charge on any atom is 0.244 e. The molecule has 0 aliphatic carbocycles. The van der Waals surface area contributed by atoms with Crippen molar-refractivity contribution < 1.29 is 13.9 Å². The van der Waals surface area contributed by atoms with E-state index in [1.807, 2.05) is 11.9 Å². The topological polar surface area (TPSA) is 63.5 Å². The molecular formula is C16H20FN5O2. The van der Waals surface area contributed by atoms with Crippen LogP contribution in [0.1, 0.15) is 5.69 Å². The summed E-state index contributed by atoms with van der Waals surface area (Å²) in [6.45, 7) is 3.65. The van der Waals surface area contributed by atoms with E-state index in [4.69, 9.17) is 4.74 Å². The van der Waals surface area contributed by atoms with Gasteiger partial charge in [0.15, 0.2) is 0 Å². The van der Waals surface area contributed by atoms with E-state index >= 15 is 0 Å². The minimum Gasteiger partial charge on any atom is -0.487 e. The second-order valence-electron chi connectivity index (χ2n) is 5.83. The maximum absolute atomic E-state index is 12.8. The highest BCUT2D eigenvalue weighted by Gasteiger charge is 2.19. The average Bonchev–Trinajstić information content (AvgIpc) is 3.02. The Hall–Kier alpha value is -2.48. The van der Waals surface area contributed by atoms with E-state index in [0.717, 1.165) is 26.2 Å². The Bertz CT molecular complexity index is 680. The van der Waals surface area contributed by atoms with E-state index < -0.39 is 0 Å². The number of benzene rings is 1. The number of halogens is 1. The Labute approximate surface area is 139 Å². The molecule has 0 bridgehead atoms. The molecule has 1 aliphatic heterocycles. The van der Waals surface area contributed by atoms with Crippen molar-refractivity contribution in [2.45, 2.75) is 13.2 Å². The number of hydrogen-bond donors (Lipinski definition) is 0. The summed E-state index contributed by atoms with van der Waals surface area (Å²) in [4.78, 5) is 16.3. The van der Waals surface area contributed by atoms with Crippen molar-refractivity contribution in [2.24, 2.45) is 0 Å². The van der Waals surface area contributed by atoms with Gasteiger partial charge >= 0.3 is 0 Å². The summed E-state index contributed by atoms with van der Waals surface area (Å²) < 4.78 is 19.9. The van der Waals surface area contributed by atoms with Gasteiger partial charge in [-0.3, -0.25) is 4.79 Å². The van der Waals surface area contributed by atoms with Gasteiger partial charge in [-0.15, -0.1) is 5.10 Å². The van der Waals surface area contributed by atoms with Gasteiger partial charge in [-0.25, -0.2) is 9.07 Å². The van der Waals surface area contributed by atoms with Crippen molar-refractivity contribution >= 4 is 5.91 Å². The van der Waals surface area contributed by atoms with Crippen molar-refractivity contribution in [1.82, 2.24) is 24.8 Å². The molecule has 2 heterocycles. The van der Waals surface area contributed by atoms with Crippen LogP contribution in [0.2, 0.25) is 0 Å². The Morgan fingerprint density at radius 2 is 1.92 bits per heavy atom. The molecular weight excluding hydrogens is 313 g/mol. The Kier molecular flexibility index (Phi) is 5.05. The van der Waals surface area contributed by atoms with E-state index in [0.29, 0.717) is 11.4 Å². The lowest BCUT2D eigenvalue weighted by atomic mass is 10.3. The summed E-state index contributed by atoms with van der Waals surface area (Å²) in [7, 11) is 2.05. The second kappa shape index (κ2) is 7.39. The lowest BCUT2D eigenvalue weighted by Gasteiger charge is -2.32. The molecule has 3 rings (SSSR count). The molecule has 0 atom stereocenters. The molecule has 1 saturated heterocycles. The van der Waals surface area contributed by atoms with Crippen molar-refractivity contribution in [1.29, 1.82) is 0 Å². The summed E-state index contributed by atoms with van der Waals surface area (Å²) in [6, 6.07) is 5.77. The van der Waals surface area contributed by atoms with Gasteiger partial charge in [0.05, 0.1) is 6.20 Å². The molecule has 7 nitrogen and oxygen atoms in total. The number of hydrogen-bond acceptors (Lipinski definition) is 5. The zero-order valence-electron chi connectivity index (χ0n) is 13.6. The van der Waals surface area contributed by atoms with Gasteiger partial charge in [0.25, 0.3) is 0 Å². The SMILES string of the molecule is CN1CCN(C(=O)Cn2cc(COc3ccc(F)cc3)nn2)CC1. The zero-order chi connectivity index (χ0) is 16.9. The molecule has 1 aromatic carbocycles. The number of rotatable bonds is 5. The van der Waals surface area contributed by atoms with Gasteiger partial charge in [0, 0.05) is 26.2 Å². The summed E-state index contributed by atoms with van der Waals surface area (Å²) >= 11 is 0. The Morgan fingerprint density at radius 1 is 1.21 bits per heavy atom. The summed E-state index contributed by atoms with van der Waals surface area (Å²) in [5.74, 6) is 0.286. The number of likely N-dealkylation sites (N-methyl/N-ethyl adjacent to an activating group) is 1. The number of amides is 1. The largest absolute Gasteiger partial charge is 0.487 e. The van der Waals surface area contributed by atoms with Gasteiger partial charge in [-0.2, -0.15) is 0 Å². The standard InChI is InChI=1S/C16H20FN5O2/c1-20-6-8-21(9-7-20)16(23)11-22-10-14(18-19-22)12-24-15-4-2-13(17)3-5-15/h2-5,10H,6-9,11-12H2,1H3. The molecule has 2 aromatic rings. The highest BCUT2D eigenvalue weighted by molar-refractivity contribution is 5.76. The van der Waals surface area contributed by atoms with Crippen LogP contribution in [-0.4, -0.2) is 63.9 Å². The minimum absolute atomic E-state index is 0.0407. The van der Waals surface area contributed by atoms with Crippen LogP contribution >= 0.6 is 0 Å². The number of ether oxygens (including phenoxy) is 1. The molecule has 24 heavy (non-hydrogen) atoms. The minimum atomic E-state index is -0.310. The predicted octanol–water partition coefficient (Wildman–Crippen LogP) is 0.770. The van der Waals surface area contributed by atoms with Crippen LogP contribution in [0, 0.1) is 5.82 Å². The first-order chi connectivity index (χ1) is 11.6. The quantitative estimate of drug-likeness (QED) is 0.809. The third-order valence-electron chi connectivity index (χ3n) is 3.94. The van der Waals surface area contributed by atoms with E-state index in [1.54, 1.807) is 18.3 Å². The summed E-state index contributed by atoms with van der Waals surface area (Å²) in [5.41, 5.74) is 0.616. The van der Waals surface area contributed by atoms with Crippen LogP contribution in [0.5, 0.6) is 5.75 Å². The van der Waals surface area contributed by atoms with Crippen LogP contribution in [0.15, 0.2) is 30.5 Å². The lowest BCUT2D eigenvalue weighted by molar-refractivity contribution is -0.133. The van der Waals surface area contributed by atoms with Crippen molar-refractivity contribution in [2.75, 3.05) is 33.2 Å². The average molecular weight is 333 g/mol. The van der Waals surface area contributed by atoms with E-state index in [-0.39, 0.29) is 24.9 Å². The maximum atomic E-state index is 12.8. The van der Waals surface area contributed by atoms with Crippen LogP contribution in [0.4, 0.5) is 4.39 Å². The van der Waals surface area contributed by atoms with Gasteiger partial charge in [0.2, 0.25) is 5.91 Å². The first-order valence-corrected chi connectivity index (χ1v) is 7.84. The van der Waals surface area contributed by atoms with Crippen molar-refractivity contribution in [3.05, 3.63) is 42.0 Å². The van der Waals surface area contributed by atoms with Crippen LogP contribution in [0.3, 0.4) is 0 Å². The molecule has 128 valence electrons. The number of aromatic nitrogens is 3. The first-order valence-electron chi connectivity index (χ1n) is 7.84. The monoisotopic (exact) mass is 333 g/mol. The highest BCUT2D eigenvalue weighted by Crippen LogP contribution is 2.12. The van der Waals surface area contributed by atoms with E-state index in [1.165, 1.54) is 16.8 Å². The molecule has 1 amide bonds. The first kappa shape index (κ1) is 16.4. The third kappa shape index (κ3) is 4.29. The van der Waals surface area contributed by atoms with Crippen molar-refractivity contribution in [3.63, 3.8) is 0 Å². The molecule has 0 spiro atoms. The normalized spacial score (nSPS) is 15.5. The Morgan fingerprint density at radius 3 is 2.62 bits per heavy atom. The third-order valence-corrected chi connectivity index (χ3v) is 3.94. The number of nitrogens with zero attached hydrogens (tertiary/aromatic N) is 5. The highest BCUT2D eigenvalue weighted by atomic mass is 19.1. The van der Waals surface area contributed by atoms with Crippen LogP contribution in [-0.2, 0) is 17.9 Å².